The van der Waals surface area contributed by atoms with Gasteiger partial charge in [0.15, 0.2) is 0 Å². The Hall–Kier alpha value is -1.34. The highest BCUT2D eigenvalue weighted by Crippen LogP contribution is 2.17. The van der Waals surface area contributed by atoms with Gasteiger partial charge in [-0.3, -0.25) is 9.69 Å². The van der Waals surface area contributed by atoms with Crippen LogP contribution in [0.15, 0.2) is 10.5 Å². The van der Waals surface area contributed by atoms with E-state index in [0.29, 0.717) is 44.0 Å². The highest BCUT2D eigenvalue weighted by Gasteiger charge is 2.24. The minimum Gasteiger partial charge on any atom is -0.466 e. The van der Waals surface area contributed by atoms with Gasteiger partial charge in [-0.2, -0.15) is 0 Å². The fourth-order valence-corrected chi connectivity index (χ4v) is 3.07. The second kappa shape index (κ2) is 6.19. The summed E-state index contributed by atoms with van der Waals surface area (Å²) in [7, 11) is -2.93. The molecular formula is C14H22N2O4S. The third-order valence-corrected chi connectivity index (χ3v) is 4.63. The lowest BCUT2D eigenvalue weighted by atomic mass is 10.2. The topological polar surface area (TPSA) is 70.8 Å². The summed E-state index contributed by atoms with van der Waals surface area (Å²) in [5.41, 5.74) is 0.622. The number of aryl methyl sites for hydroxylation is 2. The maximum absolute atomic E-state index is 12.4. The third-order valence-electron chi connectivity index (χ3n) is 3.71. The van der Waals surface area contributed by atoms with E-state index in [1.807, 2.05) is 6.92 Å². The van der Waals surface area contributed by atoms with Crippen LogP contribution in [0.25, 0.3) is 0 Å². The standard InChI is InChI=1S/C14H22N2O4S/c1-11-10-13(12(2)20-11)14(17)16-6-4-15(5-7-16)8-9-21(3,18)19/h10H,4-9H2,1-3H3. The molecule has 0 spiro atoms. The molecule has 2 rings (SSSR count). The SMILES string of the molecule is Cc1cc(C(=O)N2CCN(CCS(C)(=O)=O)CC2)c(C)o1. The number of furan rings is 1. The van der Waals surface area contributed by atoms with Crippen molar-refractivity contribution in [2.24, 2.45) is 0 Å². The molecule has 0 aliphatic carbocycles. The lowest BCUT2D eigenvalue weighted by Gasteiger charge is -2.34. The molecule has 0 bridgehead atoms. The van der Waals surface area contributed by atoms with E-state index < -0.39 is 9.84 Å². The van der Waals surface area contributed by atoms with Crippen LogP contribution in [0.2, 0.25) is 0 Å². The van der Waals surface area contributed by atoms with Gasteiger partial charge in [0.05, 0.1) is 11.3 Å². The number of rotatable bonds is 4. The van der Waals surface area contributed by atoms with Gasteiger partial charge in [-0.05, 0) is 19.9 Å². The first-order valence-electron chi connectivity index (χ1n) is 7.02. The molecule has 1 saturated heterocycles. The van der Waals surface area contributed by atoms with Gasteiger partial charge in [0.2, 0.25) is 0 Å². The van der Waals surface area contributed by atoms with E-state index in [-0.39, 0.29) is 11.7 Å². The zero-order valence-corrected chi connectivity index (χ0v) is 13.6. The van der Waals surface area contributed by atoms with Gasteiger partial charge in [0, 0.05) is 39.0 Å². The summed E-state index contributed by atoms with van der Waals surface area (Å²) >= 11 is 0. The van der Waals surface area contributed by atoms with E-state index in [0.717, 1.165) is 5.76 Å². The maximum Gasteiger partial charge on any atom is 0.257 e. The van der Waals surface area contributed by atoms with Crippen LogP contribution in [0.3, 0.4) is 0 Å². The Balaban J connectivity index is 1.89. The molecule has 0 radical (unpaired) electrons. The first-order valence-corrected chi connectivity index (χ1v) is 9.09. The van der Waals surface area contributed by atoms with Crippen LogP contribution in [0, 0.1) is 13.8 Å². The van der Waals surface area contributed by atoms with Gasteiger partial charge in [0.1, 0.15) is 21.4 Å². The minimum absolute atomic E-state index is 0.00730. The van der Waals surface area contributed by atoms with Crippen LogP contribution in [0.5, 0.6) is 0 Å². The van der Waals surface area contributed by atoms with Crippen molar-refractivity contribution in [3.63, 3.8) is 0 Å². The summed E-state index contributed by atoms with van der Waals surface area (Å²) in [5, 5.41) is 0. The van der Waals surface area contributed by atoms with Gasteiger partial charge in [0.25, 0.3) is 5.91 Å². The molecule has 1 aromatic rings. The van der Waals surface area contributed by atoms with Crippen molar-refractivity contribution in [3.05, 3.63) is 23.2 Å². The van der Waals surface area contributed by atoms with E-state index in [4.69, 9.17) is 4.42 Å². The number of piperazine rings is 1. The summed E-state index contributed by atoms with van der Waals surface area (Å²) in [4.78, 5) is 16.3. The molecule has 21 heavy (non-hydrogen) atoms. The molecule has 0 saturated carbocycles. The van der Waals surface area contributed by atoms with Gasteiger partial charge >= 0.3 is 0 Å². The summed E-state index contributed by atoms with van der Waals surface area (Å²) in [5.74, 6) is 1.55. The number of amides is 1. The second-order valence-corrected chi connectivity index (χ2v) is 7.85. The number of carbonyl (C=O) groups excluding carboxylic acids is 1. The van der Waals surface area contributed by atoms with Crippen LogP contribution in [-0.4, -0.2) is 68.9 Å². The van der Waals surface area contributed by atoms with E-state index >= 15 is 0 Å². The Bertz CT molecular complexity index is 613. The lowest BCUT2D eigenvalue weighted by Crippen LogP contribution is -2.49. The van der Waals surface area contributed by atoms with Gasteiger partial charge < -0.3 is 9.32 Å². The number of carbonyl (C=O) groups is 1. The Morgan fingerprint density at radius 2 is 1.86 bits per heavy atom. The number of sulfone groups is 1. The largest absolute Gasteiger partial charge is 0.466 e. The van der Waals surface area contributed by atoms with Gasteiger partial charge in [-0.15, -0.1) is 0 Å². The number of nitrogens with zero attached hydrogens (tertiary/aromatic N) is 2. The summed E-state index contributed by atoms with van der Waals surface area (Å²) in [6.07, 6.45) is 1.25. The smallest absolute Gasteiger partial charge is 0.257 e. The molecule has 1 aromatic heterocycles. The summed E-state index contributed by atoms with van der Waals surface area (Å²) in [6.45, 7) is 6.80. The zero-order chi connectivity index (χ0) is 15.6. The van der Waals surface area contributed by atoms with Crippen LogP contribution >= 0.6 is 0 Å². The maximum atomic E-state index is 12.4. The van der Waals surface area contributed by atoms with Crippen LogP contribution in [0.1, 0.15) is 21.9 Å². The summed E-state index contributed by atoms with van der Waals surface area (Å²) in [6, 6.07) is 1.77. The average Bonchev–Trinajstić information content (AvgIpc) is 2.74. The molecule has 1 aliphatic rings. The molecule has 0 atom stereocenters. The number of hydrogen-bond donors (Lipinski definition) is 0. The van der Waals surface area contributed by atoms with Crippen molar-refractivity contribution < 1.29 is 17.6 Å². The van der Waals surface area contributed by atoms with E-state index in [1.165, 1.54) is 6.26 Å². The molecule has 1 amide bonds. The average molecular weight is 314 g/mol. The lowest BCUT2D eigenvalue weighted by molar-refractivity contribution is 0.0642. The molecule has 1 fully saturated rings. The van der Waals surface area contributed by atoms with E-state index in [2.05, 4.69) is 4.90 Å². The first-order chi connectivity index (χ1) is 9.76. The molecule has 0 unspecified atom stereocenters. The van der Waals surface area contributed by atoms with Crippen molar-refractivity contribution in [2.75, 3.05) is 44.7 Å². The molecular weight excluding hydrogens is 292 g/mol. The second-order valence-electron chi connectivity index (χ2n) is 5.59. The van der Waals surface area contributed by atoms with Crippen LogP contribution < -0.4 is 0 Å². The molecule has 1 aliphatic heterocycles. The van der Waals surface area contributed by atoms with Crippen molar-refractivity contribution in [3.8, 4) is 0 Å². The summed E-state index contributed by atoms with van der Waals surface area (Å²) < 4.78 is 27.7. The van der Waals surface area contributed by atoms with Gasteiger partial charge in [-0.1, -0.05) is 0 Å². The predicted octanol–water partition coefficient (Wildman–Crippen LogP) is 0.699. The number of hydrogen-bond acceptors (Lipinski definition) is 5. The van der Waals surface area contributed by atoms with E-state index in [1.54, 1.807) is 17.9 Å². The van der Waals surface area contributed by atoms with Crippen LogP contribution in [0.4, 0.5) is 0 Å². The monoisotopic (exact) mass is 314 g/mol. The molecule has 0 N–H and O–H groups in total. The molecule has 6 nitrogen and oxygen atoms in total. The first kappa shape index (κ1) is 16.0. The molecule has 0 aromatic carbocycles. The Morgan fingerprint density at radius 3 is 2.33 bits per heavy atom. The van der Waals surface area contributed by atoms with Crippen LogP contribution in [-0.2, 0) is 9.84 Å². The fourth-order valence-electron chi connectivity index (χ4n) is 2.48. The van der Waals surface area contributed by atoms with Crippen molar-refractivity contribution >= 4 is 15.7 Å². The Morgan fingerprint density at radius 1 is 1.24 bits per heavy atom. The van der Waals surface area contributed by atoms with E-state index in [9.17, 15) is 13.2 Å². The van der Waals surface area contributed by atoms with Crippen molar-refractivity contribution in [1.29, 1.82) is 0 Å². The fraction of sp³-hybridized carbons (Fsp3) is 0.643. The third kappa shape index (κ3) is 4.31. The Labute approximate surface area is 125 Å². The predicted molar refractivity (Wildman–Crippen MR) is 80.2 cm³/mol. The molecule has 2 heterocycles. The van der Waals surface area contributed by atoms with Crippen molar-refractivity contribution in [1.82, 2.24) is 9.80 Å². The van der Waals surface area contributed by atoms with Gasteiger partial charge in [-0.25, -0.2) is 8.42 Å². The molecule has 118 valence electrons. The Kier molecular flexibility index (Phi) is 4.73. The zero-order valence-electron chi connectivity index (χ0n) is 12.8. The van der Waals surface area contributed by atoms with Crippen molar-refractivity contribution in [2.45, 2.75) is 13.8 Å². The quantitative estimate of drug-likeness (QED) is 0.818. The highest BCUT2D eigenvalue weighted by molar-refractivity contribution is 7.90. The minimum atomic E-state index is -2.93. The normalized spacial score (nSPS) is 17.2. The highest BCUT2D eigenvalue weighted by atomic mass is 32.2. The molecule has 7 heteroatoms.